The molecule has 618 valence electrons. The molecule has 0 aliphatic carbocycles. The Kier molecular flexibility index (Phi) is 16.2. The molecule has 0 N–H and O–H groups in total. The lowest BCUT2D eigenvalue weighted by molar-refractivity contribution is 0.664. The van der Waals surface area contributed by atoms with Crippen LogP contribution in [0.2, 0.25) is 0 Å². The average molecular weight is 1700 g/mol. The average Bonchev–Trinajstić information content (AvgIpc) is 1.52. The summed E-state index contributed by atoms with van der Waals surface area (Å²) in [5.41, 5.74) is 24.9. The summed E-state index contributed by atoms with van der Waals surface area (Å²) in [5.74, 6) is 3.68. The molecule has 0 saturated heterocycles. The van der Waals surface area contributed by atoms with Gasteiger partial charge in [-0.25, -0.2) is 29.9 Å². The zero-order valence-corrected chi connectivity index (χ0v) is 70.9. The molecule has 0 amide bonds. The maximum absolute atomic E-state index is 7.05. The van der Waals surface area contributed by atoms with Crippen LogP contribution in [0.25, 0.3) is 288 Å². The Morgan fingerprint density at radius 3 is 0.955 bits per heavy atom. The van der Waals surface area contributed by atoms with Gasteiger partial charge in [-0.15, -0.1) is 0 Å². The van der Waals surface area contributed by atoms with Crippen LogP contribution in [0, 0.1) is 0 Å². The van der Waals surface area contributed by atoms with E-state index >= 15 is 0 Å². The van der Waals surface area contributed by atoms with E-state index in [0.717, 1.165) is 215 Å². The van der Waals surface area contributed by atoms with Crippen molar-refractivity contribution in [3.63, 3.8) is 0 Å². The van der Waals surface area contributed by atoms with Crippen LogP contribution in [-0.2, 0) is 0 Å². The van der Waals surface area contributed by atoms with Crippen LogP contribution in [-0.4, -0.2) is 39.0 Å². The molecule has 29 aromatic rings. The molecule has 0 aliphatic rings. The second kappa shape index (κ2) is 29.2. The van der Waals surface area contributed by atoms with Crippen LogP contribution < -0.4 is 0 Å². The first-order chi connectivity index (χ1) is 65.9. The summed E-state index contributed by atoms with van der Waals surface area (Å²) in [5, 5.41) is 22.3. The molecular formula is C120H68N8O5. The molecule has 9 aromatic heterocycles. The van der Waals surface area contributed by atoms with Gasteiger partial charge in [0.05, 0.1) is 33.3 Å². The molecule has 133 heavy (non-hydrogen) atoms. The normalized spacial score (nSPS) is 12.1. The van der Waals surface area contributed by atoms with Gasteiger partial charge >= 0.3 is 0 Å². The lowest BCUT2D eigenvalue weighted by Crippen LogP contribution is -2.00. The van der Waals surface area contributed by atoms with E-state index in [1.54, 1.807) is 0 Å². The van der Waals surface area contributed by atoms with Crippen LogP contribution >= 0.6 is 0 Å². The monoisotopic (exact) mass is 1700 g/mol. The van der Waals surface area contributed by atoms with Crippen molar-refractivity contribution in [1.82, 2.24) is 39.0 Å². The van der Waals surface area contributed by atoms with Crippen LogP contribution in [0.4, 0.5) is 0 Å². The fourth-order valence-electron chi connectivity index (χ4n) is 20.4. The van der Waals surface area contributed by atoms with Crippen molar-refractivity contribution < 1.29 is 22.1 Å². The Bertz CT molecular complexity index is 9800. The number of fused-ring (bicyclic) bond motifs is 27. The van der Waals surface area contributed by atoms with E-state index in [2.05, 4.69) is 258 Å². The highest BCUT2D eigenvalue weighted by Crippen LogP contribution is 2.48. The van der Waals surface area contributed by atoms with E-state index in [4.69, 9.17) is 52.0 Å². The third kappa shape index (κ3) is 11.8. The maximum Gasteiger partial charge on any atom is 0.167 e. The summed E-state index contributed by atoms with van der Waals surface area (Å²) in [4.78, 5) is 30.1. The molecule has 0 saturated carbocycles. The molecule has 20 aromatic carbocycles. The number of furan rings is 5. The van der Waals surface area contributed by atoms with E-state index in [-0.39, 0.29) is 0 Å². The SMILES string of the molecule is c1ccc(-c2nc(-c3ccccc3)nc(-c3ccc4c5ccc(-n6c7ccccc7c7cc(-c8ccc9oc%10cc%11c(cc%10c9c8)oc8ccccc8%11)ccc76)cc5c5ccccc5c4c3)n2)cc1.c1ccc(-c2nc(-c3ccccc3)nc(-c3cccc4c3oc3c(-n5c6ccccc6c6cc(-c7ccc8oc9cc%10c(cc9c8c7)oc7ccccc7%10)ccc65)cccc34)n2)cc1. The highest BCUT2D eigenvalue weighted by Gasteiger charge is 2.26. The molecule has 9 heterocycles. The van der Waals surface area contributed by atoms with Crippen molar-refractivity contribution >= 4 is 186 Å². The smallest absolute Gasteiger partial charge is 0.167 e. The standard InChI is InChI=1S/C63H36N4O2.C57H32N4O3/c1-3-13-37(14-4-1)61-64-62(38-15-5-2-6-16-38)66-63(65-61)41-23-27-45-46-28-26-42(34-50(46)44-18-8-7-17-43(44)49(45)33-41)67-55-21-11-9-19-47(55)51-31-39(24-29-56(51)67)40-25-30-58-52(32-40)54-36-59-53(35-60(54)69-58)48-20-10-12-22-57(48)68-59;1-3-13-33(14-4-1)55-58-56(34-15-5-2-6-16-34)60-57(59-55)41-21-11-19-39-40-20-12-23-48(54(40)64-53(39)41)61-46-22-9-7-17-37(46)42-29-35(25-27-47(42)61)36-26-28-50-43(30-36)45-32-51-44(31-52(45)63-50)38-18-8-10-24-49(38)62-51/h1-36H;1-32H. The third-order valence-corrected chi connectivity index (χ3v) is 26.7. The lowest BCUT2D eigenvalue weighted by atomic mass is 9.93. The summed E-state index contributed by atoms with van der Waals surface area (Å²) in [6.07, 6.45) is 0. The summed E-state index contributed by atoms with van der Waals surface area (Å²) in [7, 11) is 0. The minimum absolute atomic E-state index is 0.549. The van der Waals surface area contributed by atoms with Crippen molar-refractivity contribution in [3.8, 4) is 102 Å². The highest BCUT2D eigenvalue weighted by atomic mass is 16.3. The first-order valence-corrected chi connectivity index (χ1v) is 44.6. The van der Waals surface area contributed by atoms with Gasteiger partial charge in [-0.2, -0.15) is 0 Å². The van der Waals surface area contributed by atoms with Crippen molar-refractivity contribution in [2.45, 2.75) is 0 Å². The molecule has 0 aliphatic heterocycles. The van der Waals surface area contributed by atoms with Gasteiger partial charge in [0.1, 0.15) is 50.2 Å². The maximum atomic E-state index is 7.05. The summed E-state index contributed by atoms with van der Waals surface area (Å²) in [6.45, 7) is 0. The zero-order valence-electron chi connectivity index (χ0n) is 70.9. The van der Waals surface area contributed by atoms with Gasteiger partial charge in [0.15, 0.2) is 40.5 Å². The number of aromatic nitrogens is 8. The second-order valence-electron chi connectivity index (χ2n) is 34.2. The van der Waals surface area contributed by atoms with E-state index in [1.165, 1.54) is 37.7 Å². The topological polar surface area (TPSA) is 153 Å². The van der Waals surface area contributed by atoms with Crippen LogP contribution in [0.3, 0.4) is 0 Å². The number of hydrogen-bond acceptors (Lipinski definition) is 11. The van der Waals surface area contributed by atoms with Gasteiger partial charge < -0.3 is 31.2 Å². The van der Waals surface area contributed by atoms with Crippen molar-refractivity contribution in [1.29, 1.82) is 0 Å². The summed E-state index contributed by atoms with van der Waals surface area (Å²) >= 11 is 0. The second-order valence-corrected chi connectivity index (χ2v) is 34.2. The van der Waals surface area contributed by atoms with Crippen molar-refractivity contribution in [2.75, 3.05) is 0 Å². The van der Waals surface area contributed by atoms with Crippen LogP contribution in [0.1, 0.15) is 0 Å². The van der Waals surface area contributed by atoms with Gasteiger partial charge in [-0.1, -0.05) is 285 Å². The van der Waals surface area contributed by atoms with Gasteiger partial charge in [0.2, 0.25) is 0 Å². The third-order valence-electron chi connectivity index (χ3n) is 26.7. The predicted molar refractivity (Wildman–Crippen MR) is 541 cm³/mol. The fraction of sp³-hybridized carbons (Fsp3) is 0. The first kappa shape index (κ1) is 73.9. The highest BCUT2D eigenvalue weighted by molar-refractivity contribution is 6.27. The van der Waals surface area contributed by atoms with Crippen LogP contribution in [0.5, 0.6) is 0 Å². The minimum atomic E-state index is 0.549. The van der Waals surface area contributed by atoms with Crippen molar-refractivity contribution in [2.24, 2.45) is 0 Å². The molecule has 0 spiro atoms. The molecule has 0 atom stereocenters. The van der Waals surface area contributed by atoms with Crippen molar-refractivity contribution in [3.05, 3.63) is 413 Å². The zero-order chi connectivity index (χ0) is 87.0. The quantitative estimate of drug-likeness (QED) is 0.120. The van der Waals surface area contributed by atoms with Gasteiger partial charge in [0, 0.05) is 109 Å². The molecule has 0 fully saturated rings. The molecule has 29 rings (SSSR count). The number of nitrogens with zero attached hydrogens (tertiary/aromatic N) is 8. The number of hydrogen-bond donors (Lipinski definition) is 0. The Balaban J connectivity index is 0.000000133. The van der Waals surface area contributed by atoms with Crippen LogP contribution in [0.15, 0.2) is 435 Å². The number of para-hydroxylation sites is 6. The van der Waals surface area contributed by atoms with Gasteiger partial charge in [-0.3, -0.25) is 0 Å². The predicted octanol–water partition coefficient (Wildman–Crippen LogP) is 32.2. The number of benzene rings is 20. The number of rotatable bonds is 10. The fourth-order valence-corrected chi connectivity index (χ4v) is 20.4. The molecule has 0 bridgehead atoms. The molecule has 0 unspecified atom stereocenters. The molecular weight excluding hydrogens is 1630 g/mol. The first-order valence-electron chi connectivity index (χ1n) is 44.6. The van der Waals surface area contributed by atoms with E-state index < -0.39 is 0 Å². The molecule has 13 heteroatoms. The minimum Gasteiger partial charge on any atom is -0.456 e. The van der Waals surface area contributed by atoms with E-state index in [9.17, 15) is 0 Å². The summed E-state index contributed by atoms with van der Waals surface area (Å²) in [6, 6.07) is 144. The molecule has 0 radical (unpaired) electrons. The van der Waals surface area contributed by atoms with Gasteiger partial charge in [-0.05, 0) is 182 Å². The summed E-state index contributed by atoms with van der Waals surface area (Å²) < 4.78 is 37.2. The molecule has 13 nitrogen and oxygen atoms in total. The van der Waals surface area contributed by atoms with Gasteiger partial charge in [0.25, 0.3) is 0 Å². The van der Waals surface area contributed by atoms with E-state index in [1.807, 2.05) is 164 Å². The Morgan fingerprint density at radius 1 is 0.150 bits per heavy atom. The Morgan fingerprint density at radius 2 is 0.466 bits per heavy atom. The lowest BCUT2D eigenvalue weighted by Gasteiger charge is -2.15. The largest absolute Gasteiger partial charge is 0.456 e. The van der Waals surface area contributed by atoms with E-state index in [0.29, 0.717) is 34.9 Å². The Labute approximate surface area is 756 Å². The Hall–Kier alpha value is -18.2.